The Kier molecular flexibility index (Phi) is 6.57. The van der Waals surface area contributed by atoms with Gasteiger partial charge in [0.2, 0.25) is 11.8 Å². The maximum absolute atomic E-state index is 12.6. The van der Waals surface area contributed by atoms with Crippen LogP contribution in [0.2, 0.25) is 0 Å². The fourth-order valence-corrected chi connectivity index (χ4v) is 3.41. The van der Waals surface area contributed by atoms with Crippen molar-refractivity contribution in [2.75, 3.05) is 44.7 Å². The van der Waals surface area contributed by atoms with Crippen LogP contribution in [0.25, 0.3) is 0 Å². The highest BCUT2D eigenvalue weighted by molar-refractivity contribution is 5.78. The minimum atomic E-state index is -0.0646. The van der Waals surface area contributed by atoms with E-state index in [9.17, 15) is 9.59 Å². The van der Waals surface area contributed by atoms with Crippen LogP contribution in [0.3, 0.4) is 0 Å². The van der Waals surface area contributed by atoms with Gasteiger partial charge in [0.15, 0.2) is 0 Å². The summed E-state index contributed by atoms with van der Waals surface area (Å²) in [5.74, 6) is 1.57. The highest BCUT2D eigenvalue weighted by Gasteiger charge is 2.23. The number of nitrogens with zero attached hydrogens (tertiary/aromatic N) is 3. The standard InChI is InChI=1S/C21H27N3O4/c1-17(25)24(16-18-6-5-15-28-18)10-9-21(26)23-13-11-22(12-14-23)19-7-3-4-8-20(19)27-2/h3-8,15H,9-14,16H2,1-2H3. The van der Waals surface area contributed by atoms with Crippen LogP contribution in [-0.4, -0.2) is 61.4 Å². The second-order valence-electron chi connectivity index (χ2n) is 6.81. The summed E-state index contributed by atoms with van der Waals surface area (Å²) in [6.45, 7) is 5.13. The van der Waals surface area contributed by atoms with Gasteiger partial charge in [-0.2, -0.15) is 0 Å². The second-order valence-corrected chi connectivity index (χ2v) is 6.81. The molecule has 1 aromatic heterocycles. The lowest BCUT2D eigenvalue weighted by Gasteiger charge is -2.37. The van der Waals surface area contributed by atoms with Crippen LogP contribution >= 0.6 is 0 Å². The van der Waals surface area contributed by atoms with Gasteiger partial charge in [-0.25, -0.2) is 0 Å². The van der Waals surface area contributed by atoms with Crippen molar-refractivity contribution in [3.63, 3.8) is 0 Å². The van der Waals surface area contributed by atoms with E-state index in [4.69, 9.17) is 9.15 Å². The average molecular weight is 385 g/mol. The van der Waals surface area contributed by atoms with Gasteiger partial charge in [0.1, 0.15) is 11.5 Å². The van der Waals surface area contributed by atoms with Crippen LogP contribution in [0.5, 0.6) is 5.75 Å². The fraction of sp³-hybridized carbons (Fsp3) is 0.429. The van der Waals surface area contributed by atoms with Crippen LogP contribution in [0.1, 0.15) is 19.1 Å². The van der Waals surface area contributed by atoms with Crippen molar-refractivity contribution in [2.45, 2.75) is 19.9 Å². The Morgan fingerprint density at radius 1 is 1.11 bits per heavy atom. The van der Waals surface area contributed by atoms with Crippen molar-refractivity contribution in [2.24, 2.45) is 0 Å². The minimum absolute atomic E-state index is 0.0646. The number of ether oxygens (including phenoxy) is 1. The van der Waals surface area contributed by atoms with Crippen LogP contribution in [-0.2, 0) is 16.1 Å². The number of amides is 2. The molecule has 1 fully saturated rings. The Morgan fingerprint density at radius 2 is 1.86 bits per heavy atom. The Hall–Kier alpha value is -2.96. The predicted octanol–water partition coefficient (Wildman–Crippen LogP) is 2.38. The summed E-state index contributed by atoms with van der Waals surface area (Å²) in [5.41, 5.74) is 1.05. The van der Waals surface area contributed by atoms with E-state index in [2.05, 4.69) is 4.90 Å². The van der Waals surface area contributed by atoms with Crippen molar-refractivity contribution < 1.29 is 18.7 Å². The van der Waals surface area contributed by atoms with Gasteiger partial charge in [0.25, 0.3) is 0 Å². The van der Waals surface area contributed by atoms with E-state index in [-0.39, 0.29) is 11.8 Å². The number of carbonyl (C=O) groups excluding carboxylic acids is 2. The number of para-hydroxylation sites is 2. The topological polar surface area (TPSA) is 66.2 Å². The summed E-state index contributed by atoms with van der Waals surface area (Å²) >= 11 is 0. The summed E-state index contributed by atoms with van der Waals surface area (Å²) in [6, 6.07) is 11.5. The third-order valence-corrected chi connectivity index (χ3v) is 5.03. The van der Waals surface area contributed by atoms with E-state index in [0.29, 0.717) is 38.4 Å². The molecule has 0 atom stereocenters. The molecule has 2 amide bonds. The molecule has 0 N–H and O–H groups in total. The van der Waals surface area contributed by atoms with Gasteiger partial charge in [-0.1, -0.05) is 12.1 Å². The summed E-state index contributed by atoms with van der Waals surface area (Å²) in [7, 11) is 1.67. The van der Waals surface area contributed by atoms with E-state index >= 15 is 0 Å². The molecule has 2 aromatic rings. The van der Waals surface area contributed by atoms with Gasteiger partial charge in [0, 0.05) is 46.1 Å². The van der Waals surface area contributed by atoms with E-state index in [1.54, 1.807) is 24.3 Å². The number of carbonyl (C=O) groups is 2. The number of piperazine rings is 1. The monoisotopic (exact) mass is 385 g/mol. The first-order valence-corrected chi connectivity index (χ1v) is 9.52. The molecule has 7 nitrogen and oxygen atoms in total. The van der Waals surface area contributed by atoms with E-state index < -0.39 is 0 Å². The first-order chi connectivity index (χ1) is 13.6. The quantitative estimate of drug-likeness (QED) is 0.732. The molecule has 1 aliphatic heterocycles. The van der Waals surface area contributed by atoms with Gasteiger partial charge in [-0.3, -0.25) is 9.59 Å². The van der Waals surface area contributed by atoms with E-state index in [1.807, 2.05) is 35.2 Å². The number of furan rings is 1. The van der Waals surface area contributed by atoms with Crippen molar-refractivity contribution >= 4 is 17.5 Å². The number of anilines is 1. The van der Waals surface area contributed by atoms with Crippen molar-refractivity contribution in [3.8, 4) is 5.75 Å². The minimum Gasteiger partial charge on any atom is -0.495 e. The first kappa shape index (κ1) is 19.8. The van der Waals surface area contributed by atoms with Crippen molar-refractivity contribution in [1.82, 2.24) is 9.80 Å². The smallest absolute Gasteiger partial charge is 0.224 e. The van der Waals surface area contributed by atoms with Crippen LogP contribution in [0.15, 0.2) is 47.1 Å². The summed E-state index contributed by atoms with van der Waals surface area (Å²) in [6.07, 6.45) is 1.90. The van der Waals surface area contributed by atoms with Crippen LogP contribution < -0.4 is 9.64 Å². The normalized spacial score (nSPS) is 14.1. The van der Waals surface area contributed by atoms with Gasteiger partial charge >= 0.3 is 0 Å². The molecule has 0 aliphatic carbocycles. The maximum atomic E-state index is 12.6. The van der Waals surface area contributed by atoms with Crippen LogP contribution in [0, 0.1) is 0 Å². The molecule has 0 bridgehead atoms. The molecule has 1 saturated heterocycles. The first-order valence-electron chi connectivity index (χ1n) is 9.52. The molecule has 0 spiro atoms. The molecule has 150 valence electrons. The number of hydrogen-bond acceptors (Lipinski definition) is 5. The molecule has 1 aliphatic rings. The van der Waals surface area contributed by atoms with Crippen molar-refractivity contribution in [3.05, 3.63) is 48.4 Å². The molecular formula is C21H27N3O4. The SMILES string of the molecule is COc1ccccc1N1CCN(C(=O)CCN(Cc2ccco2)C(C)=O)CC1. The summed E-state index contributed by atoms with van der Waals surface area (Å²) in [4.78, 5) is 30.2. The van der Waals surface area contributed by atoms with Gasteiger partial charge in [-0.05, 0) is 24.3 Å². The summed E-state index contributed by atoms with van der Waals surface area (Å²) in [5, 5.41) is 0. The Morgan fingerprint density at radius 3 is 2.50 bits per heavy atom. The predicted molar refractivity (Wildman–Crippen MR) is 106 cm³/mol. The van der Waals surface area contributed by atoms with E-state index in [1.165, 1.54) is 6.92 Å². The number of methoxy groups -OCH3 is 1. The Labute approximate surface area is 165 Å². The lowest BCUT2D eigenvalue weighted by Crippen LogP contribution is -2.49. The van der Waals surface area contributed by atoms with Crippen molar-refractivity contribution in [1.29, 1.82) is 0 Å². The third-order valence-electron chi connectivity index (χ3n) is 5.03. The van der Waals surface area contributed by atoms with Gasteiger partial charge in [-0.15, -0.1) is 0 Å². The number of benzene rings is 1. The molecule has 7 heteroatoms. The lowest BCUT2D eigenvalue weighted by molar-refractivity contribution is -0.134. The molecular weight excluding hydrogens is 358 g/mol. The average Bonchev–Trinajstić information content (AvgIpc) is 3.24. The Balaban J connectivity index is 1.50. The van der Waals surface area contributed by atoms with Gasteiger partial charge < -0.3 is 23.9 Å². The molecule has 0 saturated carbocycles. The van der Waals surface area contributed by atoms with Crippen LogP contribution in [0.4, 0.5) is 5.69 Å². The molecule has 2 heterocycles. The Bertz CT molecular complexity index is 783. The largest absolute Gasteiger partial charge is 0.495 e. The second kappa shape index (κ2) is 9.30. The lowest BCUT2D eigenvalue weighted by atomic mass is 10.2. The fourth-order valence-electron chi connectivity index (χ4n) is 3.41. The molecule has 1 aromatic carbocycles. The zero-order valence-corrected chi connectivity index (χ0v) is 16.5. The molecule has 28 heavy (non-hydrogen) atoms. The molecule has 0 radical (unpaired) electrons. The van der Waals surface area contributed by atoms with E-state index in [0.717, 1.165) is 24.5 Å². The third kappa shape index (κ3) is 4.85. The zero-order chi connectivity index (χ0) is 19.9. The summed E-state index contributed by atoms with van der Waals surface area (Å²) < 4.78 is 10.7. The number of hydrogen-bond donors (Lipinski definition) is 0. The maximum Gasteiger partial charge on any atom is 0.224 e. The molecule has 3 rings (SSSR count). The zero-order valence-electron chi connectivity index (χ0n) is 16.5. The molecule has 0 unspecified atom stereocenters. The van der Waals surface area contributed by atoms with Gasteiger partial charge in [0.05, 0.1) is 25.6 Å². The highest BCUT2D eigenvalue weighted by atomic mass is 16.5. The number of rotatable bonds is 7. The highest BCUT2D eigenvalue weighted by Crippen LogP contribution is 2.28.